The van der Waals surface area contributed by atoms with Crippen LogP contribution in [0.3, 0.4) is 0 Å². The van der Waals surface area contributed by atoms with Crippen molar-refractivity contribution >= 4 is 40.8 Å². The first-order chi connectivity index (χ1) is 19.6. The van der Waals surface area contributed by atoms with E-state index in [9.17, 15) is 29.3 Å². The van der Waals surface area contributed by atoms with Crippen LogP contribution in [0.15, 0.2) is 84.9 Å². The van der Waals surface area contributed by atoms with E-state index in [1.54, 1.807) is 0 Å². The number of amides is 3. The summed E-state index contributed by atoms with van der Waals surface area (Å²) in [5.41, 5.74) is 0.313. The largest absolute Gasteiger partial charge is 0.457 e. The SMILES string of the molecule is C[C@@H]1C=CC[C@H]2C(=O)N(N(CC(=O)c3ccc(Oc4ccc([N+](=O)[O-])cc4)cc3)C(=O)c3ccc(Cl)cc3)C(=O)[C@H]12. The number of benzene rings is 3. The van der Waals surface area contributed by atoms with E-state index in [-0.39, 0.29) is 22.7 Å². The van der Waals surface area contributed by atoms with E-state index in [1.165, 1.54) is 72.8 Å². The molecular formula is C30H24ClN3O7. The molecule has 0 N–H and O–H groups in total. The van der Waals surface area contributed by atoms with E-state index in [2.05, 4.69) is 0 Å². The van der Waals surface area contributed by atoms with Crippen molar-refractivity contribution in [1.29, 1.82) is 0 Å². The summed E-state index contributed by atoms with van der Waals surface area (Å²) in [6, 6.07) is 17.5. The van der Waals surface area contributed by atoms with Crippen molar-refractivity contribution in [2.24, 2.45) is 17.8 Å². The number of carbonyl (C=O) groups is 4. The number of nitro groups is 1. The predicted molar refractivity (Wildman–Crippen MR) is 148 cm³/mol. The highest BCUT2D eigenvalue weighted by molar-refractivity contribution is 6.30. The molecule has 3 aromatic rings. The Balaban J connectivity index is 1.38. The Hall–Kier alpha value is -4.83. The molecule has 10 nitrogen and oxygen atoms in total. The minimum Gasteiger partial charge on any atom is -0.457 e. The Morgan fingerprint density at radius 2 is 1.54 bits per heavy atom. The molecular weight excluding hydrogens is 550 g/mol. The van der Waals surface area contributed by atoms with Gasteiger partial charge in [-0.2, -0.15) is 5.01 Å². The average Bonchev–Trinajstić information content (AvgIpc) is 3.22. The molecule has 3 aromatic carbocycles. The van der Waals surface area contributed by atoms with Crippen LogP contribution >= 0.6 is 11.6 Å². The van der Waals surface area contributed by atoms with Gasteiger partial charge >= 0.3 is 0 Å². The molecule has 3 atom stereocenters. The van der Waals surface area contributed by atoms with Crippen LogP contribution in [0.25, 0.3) is 0 Å². The number of hydrazine groups is 1. The number of Topliss-reactive ketones (excluding diaryl/α,β-unsaturated/α-hetero) is 1. The van der Waals surface area contributed by atoms with Gasteiger partial charge in [-0.25, -0.2) is 5.01 Å². The monoisotopic (exact) mass is 573 g/mol. The number of halogens is 1. The van der Waals surface area contributed by atoms with Crippen molar-refractivity contribution in [2.75, 3.05) is 6.54 Å². The van der Waals surface area contributed by atoms with Crippen LogP contribution in [0.4, 0.5) is 5.69 Å². The normalized spacial score (nSPS) is 19.6. The number of ether oxygens (including phenoxy) is 1. The number of non-ortho nitro benzene ring substituents is 1. The second kappa shape index (κ2) is 11.3. The van der Waals surface area contributed by atoms with Crippen LogP contribution in [-0.2, 0) is 9.59 Å². The first-order valence-electron chi connectivity index (χ1n) is 12.8. The van der Waals surface area contributed by atoms with Crippen LogP contribution < -0.4 is 4.74 Å². The molecule has 3 amide bonds. The lowest BCUT2D eigenvalue weighted by atomic mass is 9.78. The molecule has 0 radical (unpaired) electrons. The summed E-state index contributed by atoms with van der Waals surface area (Å²) in [4.78, 5) is 64.2. The number of carbonyl (C=O) groups excluding carboxylic acids is 4. The van der Waals surface area contributed by atoms with Crippen LogP contribution in [0, 0.1) is 27.9 Å². The van der Waals surface area contributed by atoms with Crippen LogP contribution in [0.2, 0.25) is 5.02 Å². The van der Waals surface area contributed by atoms with Crippen LogP contribution in [0.1, 0.15) is 34.1 Å². The summed E-state index contributed by atoms with van der Waals surface area (Å²) >= 11 is 5.97. The van der Waals surface area contributed by atoms with E-state index in [4.69, 9.17) is 16.3 Å². The maximum Gasteiger partial charge on any atom is 0.273 e. The molecule has 0 unspecified atom stereocenters. The third kappa shape index (κ3) is 5.59. The lowest BCUT2D eigenvalue weighted by Crippen LogP contribution is -2.52. The highest BCUT2D eigenvalue weighted by Crippen LogP contribution is 2.39. The highest BCUT2D eigenvalue weighted by Gasteiger charge is 2.53. The summed E-state index contributed by atoms with van der Waals surface area (Å²) in [7, 11) is 0. The average molecular weight is 574 g/mol. The first-order valence-corrected chi connectivity index (χ1v) is 13.2. The topological polar surface area (TPSA) is 127 Å². The van der Waals surface area contributed by atoms with Crippen molar-refractivity contribution in [1.82, 2.24) is 10.0 Å². The molecule has 2 aliphatic rings. The maximum absolute atomic E-state index is 13.6. The molecule has 1 heterocycles. The van der Waals surface area contributed by atoms with Gasteiger partial charge in [0.1, 0.15) is 18.0 Å². The predicted octanol–water partition coefficient (Wildman–Crippen LogP) is 5.48. The lowest BCUT2D eigenvalue weighted by molar-refractivity contribution is -0.384. The van der Waals surface area contributed by atoms with E-state index >= 15 is 0 Å². The molecule has 1 aliphatic heterocycles. The van der Waals surface area contributed by atoms with E-state index < -0.39 is 46.8 Å². The second-order valence-corrected chi connectivity index (χ2v) is 10.3. The molecule has 5 rings (SSSR count). The lowest BCUT2D eigenvalue weighted by Gasteiger charge is -2.30. The minimum absolute atomic E-state index is 0.0732. The van der Waals surface area contributed by atoms with Crippen molar-refractivity contribution in [3.63, 3.8) is 0 Å². The smallest absolute Gasteiger partial charge is 0.273 e. The van der Waals surface area contributed by atoms with Crippen molar-refractivity contribution < 1.29 is 28.8 Å². The molecule has 208 valence electrons. The van der Waals surface area contributed by atoms with Crippen LogP contribution in [0.5, 0.6) is 11.5 Å². The van der Waals surface area contributed by atoms with Crippen molar-refractivity contribution in [3.8, 4) is 11.5 Å². The summed E-state index contributed by atoms with van der Waals surface area (Å²) in [5.74, 6) is -2.89. The second-order valence-electron chi connectivity index (χ2n) is 9.81. The third-order valence-corrected chi connectivity index (χ3v) is 7.42. The van der Waals surface area contributed by atoms with E-state index in [0.717, 1.165) is 10.0 Å². The number of fused-ring (bicyclic) bond motifs is 1. The van der Waals surface area contributed by atoms with E-state index in [1.807, 2.05) is 19.1 Å². The Morgan fingerprint density at radius 3 is 2.12 bits per heavy atom. The molecule has 0 bridgehead atoms. The molecule has 11 heteroatoms. The fourth-order valence-corrected chi connectivity index (χ4v) is 5.18. The standard InChI is InChI=1S/C30H24ClN3O7/c1-18-3-2-4-25-27(18)30(38)33(29(25)37)32(28(36)20-5-9-21(31)10-6-20)17-26(35)19-7-13-23(14-8-19)41-24-15-11-22(12-16-24)34(39)40/h2-3,5-16,18,25,27H,4,17H2,1H3/t18-,25-,27-/m1/s1. The number of imide groups is 1. The van der Waals surface area contributed by atoms with Gasteiger partial charge in [0.2, 0.25) is 0 Å². The number of rotatable bonds is 8. The van der Waals surface area contributed by atoms with Gasteiger partial charge in [0.05, 0.1) is 16.8 Å². The van der Waals surface area contributed by atoms with Gasteiger partial charge in [-0.3, -0.25) is 29.3 Å². The molecule has 0 saturated carbocycles. The molecule has 1 aliphatic carbocycles. The van der Waals surface area contributed by atoms with E-state index in [0.29, 0.717) is 22.9 Å². The number of nitro benzene ring substituents is 1. The fraction of sp³-hybridized carbons (Fsp3) is 0.200. The van der Waals surface area contributed by atoms with Gasteiger partial charge in [0, 0.05) is 28.3 Å². The van der Waals surface area contributed by atoms with Crippen molar-refractivity contribution in [2.45, 2.75) is 13.3 Å². The minimum atomic E-state index is -0.686. The Labute approximate surface area is 239 Å². The Morgan fingerprint density at radius 1 is 0.951 bits per heavy atom. The zero-order chi connectivity index (χ0) is 29.3. The number of nitrogens with zero attached hydrogens (tertiary/aromatic N) is 3. The molecule has 1 saturated heterocycles. The molecule has 41 heavy (non-hydrogen) atoms. The highest BCUT2D eigenvalue weighted by atomic mass is 35.5. The van der Waals surface area contributed by atoms with Crippen molar-refractivity contribution in [3.05, 3.63) is 111 Å². The summed E-state index contributed by atoms with van der Waals surface area (Å²) < 4.78 is 5.70. The Kier molecular flexibility index (Phi) is 7.67. The molecule has 0 aromatic heterocycles. The molecule has 0 spiro atoms. The zero-order valence-corrected chi connectivity index (χ0v) is 22.6. The van der Waals surface area contributed by atoms with Gasteiger partial charge in [0.15, 0.2) is 5.78 Å². The van der Waals surface area contributed by atoms with Gasteiger partial charge in [-0.1, -0.05) is 30.7 Å². The number of hydrogen-bond acceptors (Lipinski definition) is 7. The molecule has 1 fully saturated rings. The Bertz CT molecular complexity index is 1550. The maximum atomic E-state index is 13.6. The fourth-order valence-electron chi connectivity index (χ4n) is 5.05. The third-order valence-electron chi connectivity index (χ3n) is 7.17. The number of ketones is 1. The van der Waals surface area contributed by atoms with Crippen LogP contribution in [-0.4, -0.2) is 45.0 Å². The van der Waals surface area contributed by atoms with Gasteiger partial charge in [0.25, 0.3) is 23.4 Å². The summed E-state index contributed by atoms with van der Waals surface area (Å²) in [6.45, 7) is 1.29. The first kappa shape index (κ1) is 27.7. The summed E-state index contributed by atoms with van der Waals surface area (Å²) in [6.07, 6.45) is 4.12. The van der Waals surface area contributed by atoms with Gasteiger partial charge in [-0.05, 0) is 73.0 Å². The number of allylic oxidation sites excluding steroid dienone is 2. The zero-order valence-electron chi connectivity index (χ0n) is 21.8. The quantitative estimate of drug-likeness (QED) is 0.115. The number of hydrogen-bond donors (Lipinski definition) is 0. The summed E-state index contributed by atoms with van der Waals surface area (Å²) in [5, 5.41) is 13.0. The van der Waals surface area contributed by atoms with Gasteiger partial charge in [-0.15, -0.1) is 0 Å². The van der Waals surface area contributed by atoms with Gasteiger partial charge < -0.3 is 4.74 Å².